The molecule has 2 aliphatic heterocycles. The lowest BCUT2D eigenvalue weighted by Gasteiger charge is -2.40. The normalized spacial score (nSPS) is 26.2. The minimum atomic E-state index is -0.935. The number of aromatic nitrogens is 4. The van der Waals surface area contributed by atoms with Crippen LogP contribution in [0.25, 0.3) is 22.0 Å². The van der Waals surface area contributed by atoms with Crippen LogP contribution in [0.15, 0.2) is 29.8 Å². The van der Waals surface area contributed by atoms with E-state index in [4.69, 9.17) is 5.26 Å². The molecule has 2 aromatic heterocycles. The number of aromatic hydroxyl groups is 1. The zero-order chi connectivity index (χ0) is 22.5. The van der Waals surface area contributed by atoms with Crippen LogP contribution in [0.4, 0.5) is 10.2 Å². The highest BCUT2D eigenvalue weighted by Gasteiger charge is 2.48. The quantitative estimate of drug-likeness (QED) is 0.592. The summed E-state index contributed by atoms with van der Waals surface area (Å²) in [7, 11) is 0. The fourth-order valence-corrected chi connectivity index (χ4v) is 5.79. The fraction of sp³-hybridized carbons (Fsp3) is 0.435. The summed E-state index contributed by atoms with van der Waals surface area (Å²) in [6.45, 7) is 0. The number of nitriles is 1. The first kappa shape index (κ1) is 20.4. The fourth-order valence-electron chi connectivity index (χ4n) is 5.05. The SMILES string of the molecule is N#Cc1csc(-c2ccc(-c3ncc(N(C4CC4)[C@H]4C[C@H]5CC[C@H](N5)[C@H]4F)nn3)c(O)c2)n1. The molecule has 1 saturated carbocycles. The number of phenols is 1. The number of benzene rings is 1. The number of alkyl halides is 1. The molecule has 0 unspecified atom stereocenters. The molecule has 10 heteroatoms. The highest BCUT2D eigenvalue weighted by Crippen LogP contribution is 2.40. The number of anilines is 1. The number of halogens is 1. The van der Waals surface area contributed by atoms with Gasteiger partial charge in [0.1, 0.15) is 23.0 Å². The van der Waals surface area contributed by atoms with Crippen molar-refractivity contribution in [3.8, 4) is 33.8 Å². The van der Waals surface area contributed by atoms with E-state index in [2.05, 4.69) is 30.4 Å². The van der Waals surface area contributed by atoms with Gasteiger partial charge in [0.2, 0.25) is 0 Å². The van der Waals surface area contributed by atoms with Gasteiger partial charge in [-0.1, -0.05) is 6.07 Å². The van der Waals surface area contributed by atoms with Crippen LogP contribution in [0, 0.1) is 11.3 Å². The van der Waals surface area contributed by atoms with Crippen LogP contribution in [-0.2, 0) is 0 Å². The predicted molar refractivity (Wildman–Crippen MR) is 121 cm³/mol. The van der Waals surface area contributed by atoms with Gasteiger partial charge >= 0.3 is 0 Å². The molecule has 2 bridgehead atoms. The number of thiazole rings is 1. The number of fused-ring (bicyclic) bond motifs is 2. The van der Waals surface area contributed by atoms with Crippen molar-refractivity contribution in [1.82, 2.24) is 25.5 Å². The summed E-state index contributed by atoms with van der Waals surface area (Å²) in [5.41, 5.74) is 1.51. The van der Waals surface area contributed by atoms with E-state index in [1.807, 2.05) is 6.07 Å². The third-order valence-electron chi connectivity index (χ3n) is 6.77. The Balaban J connectivity index is 1.26. The summed E-state index contributed by atoms with van der Waals surface area (Å²) in [5, 5.41) is 34.0. The number of phenolic OH excluding ortho intramolecular Hbond substituents is 1. The number of nitrogens with one attached hydrogen (secondary N) is 1. The van der Waals surface area contributed by atoms with Gasteiger partial charge in [0.25, 0.3) is 0 Å². The van der Waals surface area contributed by atoms with Gasteiger partial charge < -0.3 is 15.3 Å². The topological polar surface area (TPSA) is 111 Å². The van der Waals surface area contributed by atoms with Crippen molar-refractivity contribution < 1.29 is 9.50 Å². The monoisotopic (exact) mass is 463 g/mol. The van der Waals surface area contributed by atoms with Crippen molar-refractivity contribution in [2.24, 2.45) is 0 Å². The molecule has 1 aromatic carbocycles. The Morgan fingerprint density at radius 2 is 2.09 bits per heavy atom. The van der Waals surface area contributed by atoms with Crippen molar-refractivity contribution in [1.29, 1.82) is 5.26 Å². The Morgan fingerprint density at radius 1 is 1.21 bits per heavy atom. The van der Waals surface area contributed by atoms with Crippen LogP contribution >= 0.6 is 11.3 Å². The minimum absolute atomic E-state index is 0.00793. The standard InChI is InChI=1S/C23H22FN7OS/c24-21-17-6-2-13(27-17)8-18(21)31(15-3-4-15)20-10-26-22(30-29-20)16-5-1-12(7-19(16)32)23-28-14(9-25)11-33-23/h1,5,7,10-11,13,15,17-18,21,27,32H,2-4,6,8H2/t13-,17+,18+,21-/m1/s1. The molecule has 3 fully saturated rings. The Bertz CT molecular complexity index is 1220. The van der Waals surface area contributed by atoms with Gasteiger partial charge in [0.05, 0.1) is 17.8 Å². The first-order valence-electron chi connectivity index (χ1n) is 11.2. The molecule has 0 radical (unpaired) electrons. The average Bonchev–Trinajstić information content (AvgIpc) is 3.39. The summed E-state index contributed by atoms with van der Waals surface area (Å²) in [4.78, 5) is 10.8. The van der Waals surface area contributed by atoms with Gasteiger partial charge in [0, 0.05) is 29.1 Å². The lowest BCUT2D eigenvalue weighted by molar-refractivity contribution is 0.171. The molecule has 0 spiro atoms. The van der Waals surface area contributed by atoms with Crippen LogP contribution in [0.1, 0.15) is 37.8 Å². The molecule has 3 aliphatic rings. The number of rotatable bonds is 5. The van der Waals surface area contributed by atoms with Crippen LogP contribution in [0.3, 0.4) is 0 Å². The second-order valence-corrected chi connectivity index (χ2v) is 9.81. The summed E-state index contributed by atoms with van der Waals surface area (Å²) in [5.74, 6) is 0.907. The molecule has 2 N–H and O–H groups in total. The Kier molecular flexibility index (Phi) is 4.96. The average molecular weight is 464 g/mol. The molecular formula is C23H22FN7OS. The van der Waals surface area contributed by atoms with Crippen molar-refractivity contribution in [2.45, 2.75) is 62.4 Å². The maximum Gasteiger partial charge on any atom is 0.185 e. The first-order valence-corrected chi connectivity index (χ1v) is 12.1. The van der Waals surface area contributed by atoms with Gasteiger partial charge in [-0.3, -0.25) is 0 Å². The van der Waals surface area contributed by atoms with Gasteiger partial charge in [-0.05, 0) is 44.2 Å². The number of nitrogens with zero attached hydrogens (tertiary/aromatic N) is 6. The van der Waals surface area contributed by atoms with Crippen LogP contribution < -0.4 is 10.2 Å². The molecule has 4 atom stereocenters. The lowest BCUT2D eigenvalue weighted by Crippen LogP contribution is -2.57. The Morgan fingerprint density at radius 3 is 2.79 bits per heavy atom. The van der Waals surface area contributed by atoms with Crippen LogP contribution in [0.5, 0.6) is 5.75 Å². The summed E-state index contributed by atoms with van der Waals surface area (Å²) >= 11 is 1.34. The molecule has 1 aliphatic carbocycles. The largest absolute Gasteiger partial charge is 0.507 e. The molecule has 33 heavy (non-hydrogen) atoms. The second-order valence-electron chi connectivity index (χ2n) is 8.95. The van der Waals surface area contributed by atoms with Gasteiger partial charge in [-0.2, -0.15) is 5.26 Å². The maximum atomic E-state index is 15.2. The van der Waals surface area contributed by atoms with Gasteiger partial charge in [-0.25, -0.2) is 14.4 Å². The highest BCUT2D eigenvalue weighted by molar-refractivity contribution is 7.13. The first-order chi connectivity index (χ1) is 16.1. The van der Waals surface area contributed by atoms with Crippen molar-refractivity contribution in [2.75, 3.05) is 4.90 Å². The Hall–Kier alpha value is -3.16. The molecule has 8 nitrogen and oxygen atoms in total. The van der Waals surface area contributed by atoms with Gasteiger partial charge in [0.15, 0.2) is 17.3 Å². The van der Waals surface area contributed by atoms with Gasteiger partial charge in [-0.15, -0.1) is 21.5 Å². The van der Waals surface area contributed by atoms with Crippen LogP contribution in [-0.4, -0.2) is 55.6 Å². The molecule has 0 amide bonds. The zero-order valence-electron chi connectivity index (χ0n) is 17.7. The zero-order valence-corrected chi connectivity index (χ0v) is 18.5. The maximum absolute atomic E-state index is 15.2. The third-order valence-corrected chi connectivity index (χ3v) is 7.66. The molecular weight excluding hydrogens is 441 g/mol. The summed E-state index contributed by atoms with van der Waals surface area (Å²) in [6, 6.07) is 7.49. The second kappa shape index (κ2) is 8.01. The highest BCUT2D eigenvalue weighted by atomic mass is 32.1. The Labute approximate surface area is 194 Å². The van der Waals surface area contributed by atoms with E-state index in [9.17, 15) is 5.11 Å². The smallest absolute Gasteiger partial charge is 0.185 e. The summed E-state index contributed by atoms with van der Waals surface area (Å²) in [6.07, 6.45) is 5.45. The molecule has 6 rings (SSSR count). The van der Waals surface area contributed by atoms with E-state index < -0.39 is 6.17 Å². The summed E-state index contributed by atoms with van der Waals surface area (Å²) < 4.78 is 15.2. The number of hydrogen-bond donors (Lipinski definition) is 2. The van der Waals surface area contributed by atoms with E-state index in [1.54, 1.807) is 29.8 Å². The molecule has 3 aromatic rings. The van der Waals surface area contributed by atoms with Crippen molar-refractivity contribution in [3.05, 3.63) is 35.5 Å². The predicted octanol–water partition coefficient (Wildman–Crippen LogP) is 3.44. The van der Waals surface area contributed by atoms with Crippen molar-refractivity contribution in [3.63, 3.8) is 0 Å². The third kappa shape index (κ3) is 3.71. The molecule has 2 saturated heterocycles. The minimum Gasteiger partial charge on any atom is -0.507 e. The van der Waals surface area contributed by atoms with E-state index in [0.29, 0.717) is 39.5 Å². The number of hydrogen-bond acceptors (Lipinski definition) is 9. The van der Waals surface area contributed by atoms with E-state index in [0.717, 1.165) is 32.1 Å². The van der Waals surface area contributed by atoms with E-state index in [1.165, 1.54) is 11.3 Å². The molecule has 4 heterocycles. The number of piperidine rings is 1. The molecule has 168 valence electrons. The van der Waals surface area contributed by atoms with E-state index in [-0.39, 0.29) is 23.9 Å². The lowest BCUT2D eigenvalue weighted by atomic mass is 9.96. The van der Waals surface area contributed by atoms with Crippen molar-refractivity contribution >= 4 is 17.2 Å². The van der Waals surface area contributed by atoms with Crippen LogP contribution in [0.2, 0.25) is 0 Å². The van der Waals surface area contributed by atoms with E-state index >= 15 is 4.39 Å².